The van der Waals surface area contributed by atoms with Crippen LogP contribution in [0.2, 0.25) is 0 Å². The molecule has 2 fully saturated rings. The number of rotatable bonds is 0. The lowest BCUT2D eigenvalue weighted by Crippen LogP contribution is -2.24. The van der Waals surface area contributed by atoms with E-state index in [4.69, 9.17) is 0 Å². The smallest absolute Gasteiger partial charge is 0.0111 e. The molecule has 1 heteroatoms. The van der Waals surface area contributed by atoms with Crippen molar-refractivity contribution < 1.29 is 0 Å². The topological polar surface area (TPSA) is 12.0 Å². The summed E-state index contributed by atoms with van der Waals surface area (Å²) >= 11 is 0. The van der Waals surface area contributed by atoms with E-state index in [0.717, 1.165) is 12.0 Å². The SMILES string of the molecule is C=C1CC2CC1CN2. The van der Waals surface area contributed by atoms with E-state index < -0.39 is 0 Å². The molecule has 1 N–H and O–H groups in total. The summed E-state index contributed by atoms with van der Waals surface area (Å²) in [5.74, 6) is 0.833. The molecule has 1 aliphatic heterocycles. The van der Waals surface area contributed by atoms with Crippen LogP contribution in [0, 0.1) is 5.92 Å². The molecule has 2 rings (SSSR count). The van der Waals surface area contributed by atoms with E-state index in [-0.39, 0.29) is 0 Å². The van der Waals surface area contributed by atoms with Crippen LogP contribution >= 0.6 is 0 Å². The maximum atomic E-state index is 4.00. The second-order valence-electron chi connectivity index (χ2n) is 2.90. The quantitative estimate of drug-likeness (QED) is 0.456. The maximum Gasteiger partial charge on any atom is 0.0111 e. The van der Waals surface area contributed by atoms with Gasteiger partial charge in [-0.3, -0.25) is 0 Å². The summed E-state index contributed by atoms with van der Waals surface area (Å²) in [4.78, 5) is 0. The molecule has 2 aliphatic rings. The van der Waals surface area contributed by atoms with Crippen LogP contribution in [0.4, 0.5) is 0 Å². The van der Waals surface area contributed by atoms with E-state index in [1.54, 1.807) is 0 Å². The van der Waals surface area contributed by atoms with E-state index in [1.807, 2.05) is 0 Å². The highest BCUT2D eigenvalue weighted by atomic mass is 15.0. The molecule has 1 nitrogen and oxygen atoms in total. The number of piperidine rings is 1. The van der Waals surface area contributed by atoms with Gasteiger partial charge in [-0.15, -0.1) is 0 Å². The Morgan fingerprint density at radius 1 is 1.62 bits per heavy atom. The maximum absolute atomic E-state index is 4.00. The number of fused-ring (bicyclic) bond motifs is 2. The molecule has 1 heterocycles. The van der Waals surface area contributed by atoms with Crippen LogP contribution in [0.25, 0.3) is 0 Å². The summed E-state index contributed by atoms with van der Waals surface area (Å²) in [7, 11) is 0. The average Bonchev–Trinajstić information content (AvgIpc) is 2.23. The first-order chi connectivity index (χ1) is 3.86. The van der Waals surface area contributed by atoms with Gasteiger partial charge in [-0.2, -0.15) is 0 Å². The van der Waals surface area contributed by atoms with Gasteiger partial charge in [0.25, 0.3) is 0 Å². The molecule has 1 saturated heterocycles. The Balaban J connectivity index is 2.22. The minimum atomic E-state index is 0.799. The highest BCUT2D eigenvalue weighted by molar-refractivity contribution is 5.15. The zero-order chi connectivity index (χ0) is 5.56. The van der Waals surface area contributed by atoms with Crippen molar-refractivity contribution in [2.75, 3.05) is 6.54 Å². The van der Waals surface area contributed by atoms with Crippen molar-refractivity contribution in [2.45, 2.75) is 18.9 Å². The molecule has 1 saturated carbocycles. The summed E-state index contributed by atoms with van der Waals surface area (Å²) in [6.45, 7) is 5.19. The third-order valence-corrected chi connectivity index (χ3v) is 2.31. The Bertz CT molecular complexity index is 128. The molecule has 44 valence electrons. The molecular formula is C7H11N. The van der Waals surface area contributed by atoms with Crippen molar-refractivity contribution in [1.82, 2.24) is 5.32 Å². The Morgan fingerprint density at radius 3 is 2.75 bits per heavy atom. The lowest BCUT2D eigenvalue weighted by atomic mass is 10.1. The van der Waals surface area contributed by atoms with Gasteiger partial charge in [-0.1, -0.05) is 12.2 Å². The van der Waals surface area contributed by atoms with Crippen molar-refractivity contribution in [3.8, 4) is 0 Å². The van der Waals surface area contributed by atoms with Gasteiger partial charge in [-0.25, -0.2) is 0 Å². The third kappa shape index (κ3) is 0.451. The average molecular weight is 109 g/mol. The van der Waals surface area contributed by atoms with Crippen molar-refractivity contribution in [2.24, 2.45) is 5.92 Å². The first-order valence-electron chi connectivity index (χ1n) is 3.27. The predicted octanol–water partition coefficient (Wildman–Crippen LogP) is 0.924. The summed E-state index contributed by atoms with van der Waals surface area (Å²) in [5, 5.41) is 3.43. The summed E-state index contributed by atoms with van der Waals surface area (Å²) in [6.07, 6.45) is 2.60. The van der Waals surface area contributed by atoms with Gasteiger partial charge in [0.05, 0.1) is 0 Å². The second-order valence-corrected chi connectivity index (χ2v) is 2.90. The van der Waals surface area contributed by atoms with Gasteiger partial charge in [-0.05, 0) is 18.8 Å². The summed E-state index contributed by atoms with van der Waals surface area (Å²) in [5.41, 5.74) is 1.48. The van der Waals surface area contributed by atoms with Crippen LogP contribution in [0.15, 0.2) is 12.2 Å². The largest absolute Gasteiger partial charge is 0.313 e. The predicted molar refractivity (Wildman–Crippen MR) is 33.7 cm³/mol. The number of hydrogen-bond donors (Lipinski definition) is 1. The van der Waals surface area contributed by atoms with E-state index in [1.165, 1.54) is 25.0 Å². The van der Waals surface area contributed by atoms with Gasteiger partial charge in [0.2, 0.25) is 0 Å². The van der Waals surface area contributed by atoms with Gasteiger partial charge in [0, 0.05) is 12.6 Å². The number of nitrogens with one attached hydrogen (secondary N) is 1. The van der Waals surface area contributed by atoms with E-state index >= 15 is 0 Å². The first kappa shape index (κ1) is 4.57. The van der Waals surface area contributed by atoms with Gasteiger partial charge < -0.3 is 5.32 Å². The zero-order valence-electron chi connectivity index (χ0n) is 4.98. The Hall–Kier alpha value is -0.300. The minimum absolute atomic E-state index is 0.799. The molecule has 0 aromatic carbocycles. The minimum Gasteiger partial charge on any atom is -0.313 e. The Morgan fingerprint density at radius 2 is 2.50 bits per heavy atom. The van der Waals surface area contributed by atoms with E-state index in [9.17, 15) is 0 Å². The number of hydrogen-bond acceptors (Lipinski definition) is 1. The summed E-state index contributed by atoms with van der Waals surface area (Å²) < 4.78 is 0. The lowest BCUT2D eigenvalue weighted by molar-refractivity contribution is 0.593. The molecule has 1 aliphatic carbocycles. The van der Waals surface area contributed by atoms with Crippen molar-refractivity contribution in [3.05, 3.63) is 12.2 Å². The highest BCUT2D eigenvalue weighted by Crippen LogP contribution is 2.34. The molecule has 0 spiro atoms. The van der Waals surface area contributed by atoms with Gasteiger partial charge in [0.1, 0.15) is 0 Å². The van der Waals surface area contributed by atoms with Crippen LogP contribution in [0.1, 0.15) is 12.8 Å². The second kappa shape index (κ2) is 1.35. The molecule has 2 unspecified atom stereocenters. The summed E-state index contributed by atoms with van der Waals surface area (Å²) in [6, 6.07) is 0.799. The molecule has 2 atom stereocenters. The first-order valence-corrected chi connectivity index (χ1v) is 3.27. The third-order valence-electron chi connectivity index (χ3n) is 2.31. The van der Waals surface area contributed by atoms with Gasteiger partial charge in [0.15, 0.2) is 0 Å². The van der Waals surface area contributed by atoms with Crippen molar-refractivity contribution in [1.29, 1.82) is 0 Å². The lowest BCUT2D eigenvalue weighted by Gasteiger charge is -2.11. The van der Waals surface area contributed by atoms with E-state index in [0.29, 0.717) is 0 Å². The fourth-order valence-electron chi connectivity index (χ4n) is 1.77. The van der Waals surface area contributed by atoms with Crippen molar-refractivity contribution >= 4 is 0 Å². The molecule has 0 amide bonds. The van der Waals surface area contributed by atoms with Crippen LogP contribution in [-0.2, 0) is 0 Å². The van der Waals surface area contributed by atoms with Crippen molar-refractivity contribution in [3.63, 3.8) is 0 Å². The molecule has 0 aromatic rings. The van der Waals surface area contributed by atoms with Crippen LogP contribution < -0.4 is 5.32 Å². The Kier molecular flexibility index (Phi) is 0.770. The fraction of sp³-hybridized carbons (Fsp3) is 0.714. The fourth-order valence-corrected chi connectivity index (χ4v) is 1.77. The molecule has 2 bridgehead atoms. The van der Waals surface area contributed by atoms with Crippen LogP contribution in [0.3, 0.4) is 0 Å². The molecule has 8 heavy (non-hydrogen) atoms. The molecular weight excluding hydrogens is 98.1 g/mol. The monoisotopic (exact) mass is 109 g/mol. The van der Waals surface area contributed by atoms with Crippen LogP contribution in [-0.4, -0.2) is 12.6 Å². The van der Waals surface area contributed by atoms with Gasteiger partial charge >= 0.3 is 0 Å². The standard InChI is InChI=1S/C7H11N/c1-5-2-7-3-6(5)4-8-7/h6-8H,1-4H2. The Labute approximate surface area is 49.8 Å². The normalized spacial score (nSPS) is 43.8. The molecule has 0 aromatic heterocycles. The highest BCUT2D eigenvalue weighted by Gasteiger charge is 2.33. The van der Waals surface area contributed by atoms with Crippen LogP contribution in [0.5, 0.6) is 0 Å². The molecule has 0 radical (unpaired) electrons. The van der Waals surface area contributed by atoms with E-state index in [2.05, 4.69) is 11.9 Å². The zero-order valence-corrected chi connectivity index (χ0v) is 4.98.